The maximum atomic E-state index is 14.5. The number of hydrogen-bond acceptors (Lipinski definition) is 6. The Morgan fingerprint density at radius 1 is 1.45 bits per heavy atom. The molecule has 10 heteroatoms. The van der Waals surface area contributed by atoms with Gasteiger partial charge in [-0.15, -0.1) is 0 Å². The fourth-order valence-electron chi connectivity index (χ4n) is 2.86. The van der Waals surface area contributed by atoms with Crippen molar-refractivity contribution >= 4 is 17.4 Å². The summed E-state index contributed by atoms with van der Waals surface area (Å²) in [5, 5.41) is 11.5. The highest BCUT2D eigenvalue weighted by atomic mass is 19.3. The average Bonchev–Trinajstić information content (AvgIpc) is 2.71. The van der Waals surface area contributed by atoms with Gasteiger partial charge in [0.25, 0.3) is 12.3 Å². The summed E-state index contributed by atoms with van der Waals surface area (Å²) < 4.78 is 47.7. The maximum Gasteiger partial charge on any atom is 0.275 e. The lowest BCUT2D eigenvalue weighted by Gasteiger charge is -2.35. The number of nitrogens with zero attached hydrogens (tertiary/aromatic N) is 3. The van der Waals surface area contributed by atoms with Crippen LogP contribution in [0.15, 0.2) is 41.5 Å². The molecule has 0 radical (unpaired) electrons. The second-order valence-electron chi connectivity index (χ2n) is 6.37. The van der Waals surface area contributed by atoms with Crippen molar-refractivity contribution in [1.29, 1.82) is 5.26 Å². The number of amides is 1. The molecule has 0 aliphatic carbocycles. The summed E-state index contributed by atoms with van der Waals surface area (Å²) in [7, 11) is 0. The van der Waals surface area contributed by atoms with Gasteiger partial charge < -0.3 is 15.8 Å². The molecule has 1 aromatic carbocycles. The van der Waals surface area contributed by atoms with E-state index in [-0.39, 0.29) is 22.8 Å². The normalized spacial score (nSPS) is 21.4. The standard InChI is InChI=1S/C19H16F3N5O2/c1-10-16(24)27-19(9-29-10,18(21)22)13-7-12(4-5-14(13)20)26-17(28)15-11(8-23)3-2-6-25-15/h2-7,10,18H,9H2,1H3,(H2,24,27)(H,26,28). The summed E-state index contributed by atoms with van der Waals surface area (Å²) in [6, 6.07) is 7.91. The third-order valence-electron chi connectivity index (χ3n) is 4.49. The van der Waals surface area contributed by atoms with Gasteiger partial charge in [-0.1, -0.05) is 0 Å². The van der Waals surface area contributed by atoms with Crippen LogP contribution in [0.3, 0.4) is 0 Å². The van der Waals surface area contributed by atoms with Crippen molar-refractivity contribution < 1.29 is 22.7 Å². The van der Waals surface area contributed by atoms with E-state index in [1.807, 2.05) is 6.07 Å². The van der Waals surface area contributed by atoms with Gasteiger partial charge in [0.15, 0.2) is 5.54 Å². The first-order valence-corrected chi connectivity index (χ1v) is 8.50. The van der Waals surface area contributed by atoms with Crippen molar-refractivity contribution in [2.24, 2.45) is 10.7 Å². The predicted molar refractivity (Wildman–Crippen MR) is 98.0 cm³/mol. The van der Waals surface area contributed by atoms with Crippen molar-refractivity contribution in [3.05, 3.63) is 59.2 Å². The molecule has 29 heavy (non-hydrogen) atoms. The molecule has 0 bridgehead atoms. The summed E-state index contributed by atoms with van der Waals surface area (Å²) >= 11 is 0. The summed E-state index contributed by atoms with van der Waals surface area (Å²) in [4.78, 5) is 20.1. The number of aliphatic imine (C=N–C) groups is 1. The van der Waals surface area contributed by atoms with Crippen LogP contribution >= 0.6 is 0 Å². The molecule has 0 saturated carbocycles. The molecule has 3 rings (SSSR count). The molecule has 0 saturated heterocycles. The highest BCUT2D eigenvalue weighted by Crippen LogP contribution is 2.38. The zero-order valence-electron chi connectivity index (χ0n) is 15.2. The van der Waals surface area contributed by atoms with Crippen LogP contribution in [0.25, 0.3) is 0 Å². The van der Waals surface area contributed by atoms with Gasteiger partial charge in [0.2, 0.25) is 0 Å². The molecule has 0 fully saturated rings. The Balaban J connectivity index is 2.00. The number of halogens is 3. The molecule has 2 unspecified atom stereocenters. The molecular formula is C19H16F3N5O2. The number of carbonyl (C=O) groups is 1. The molecule has 7 nitrogen and oxygen atoms in total. The van der Waals surface area contributed by atoms with Crippen LogP contribution in [0, 0.1) is 17.1 Å². The monoisotopic (exact) mass is 403 g/mol. The van der Waals surface area contributed by atoms with E-state index in [4.69, 9.17) is 15.7 Å². The molecule has 2 aromatic rings. The topological polar surface area (TPSA) is 113 Å². The first-order valence-electron chi connectivity index (χ1n) is 8.50. The lowest BCUT2D eigenvalue weighted by molar-refractivity contribution is -0.0340. The minimum absolute atomic E-state index is 0.0216. The number of nitrogens with two attached hydrogens (primary N) is 1. The predicted octanol–water partition coefficient (Wildman–Crippen LogP) is 2.58. The molecule has 1 aromatic heterocycles. The van der Waals surface area contributed by atoms with Crippen molar-refractivity contribution in [3.8, 4) is 6.07 Å². The van der Waals surface area contributed by atoms with Crippen molar-refractivity contribution in [1.82, 2.24) is 4.98 Å². The maximum absolute atomic E-state index is 14.5. The molecule has 2 heterocycles. The van der Waals surface area contributed by atoms with E-state index in [0.717, 1.165) is 12.1 Å². The number of nitriles is 1. The molecule has 1 aliphatic heterocycles. The SMILES string of the molecule is CC1OCC(c2cc(NC(=O)c3ncccc3C#N)ccc2F)(C(F)F)N=C1N. The van der Waals surface area contributed by atoms with E-state index in [9.17, 15) is 18.0 Å². The molecule has 2 atom stereocenters. The van der Waals surface area contributed by atoms with Crippen LogP contribution in [-0.4, -0.2) is 35.9 Å². The van der Waals surface area contributed by atoms with E-state index in [0.29, 0.717) is 0 Å². The van der Waals surface area contributed by atoms with Crippen LogP contribution in [0.5, 0.6) is 0 Å². The first kappa shape index (κ1) is 20.3. The van der Waals surface area contributed by atoms with E-state index >= 15 is 0 Å². The number of carbonyl (C=O) groups excluding carboxylic acids is 1. The van der Waals surface area contributed by atoms with Crippen molar-refractivity contribution in [2.75, 3.05) is 11.9 Å². The zero-order chi connectivity index (χ0) is 21.2. The Morgan fingerprint density at radius 2 is 2.21 bits per heavy atom. The number of ether oxygens (including phenoxy) is 1. The van der Waals surface area contributed by atoms with Crippen LogP contribution in [-0.2, 0) is 10.3 Å². The number of hydrogen-bond donors (Lipinski definition) is 2. The number of benzene rings is 1. The second kappa shape index (κ2) is 7.89. The summed E-state index contributed by atoms with van der Waals surface area (Å²) in [6.45, 7) is 0.959. The highest BCUT2D eigenvalue weighted by molar-refractivity contribution is 6.04. The lowest BCUT2D eigenvalue weighted by atomic mass is 9.89. The van der Waals surface area contributed by atoms with Gasteiger partial charge >= 0.3 is 0 Å². The van der Waals surface area contributed by atoms with Crippen molar-refractivity contribution in [2.45, 2.75) is 25.0 Å². The van der Waals surface area contributed by atoms with Gasteiger partial charge in [-0.05, 0) is 37.3 Å². The molecule has 1 aliphatic rings. The van der Waals surface area contributed by atoms with E-state index in [1.54, 1.807) is 6.92 Å². The van der Waals surface area contributed by atoms with Crippen LogP contribution in [0.1, 0.15) is 28.5 Å². The van der Waals surface area contributed by atoms with Crippen LogP contribution in [0.4, 0.5) is 18.9 Å². The van der Waals surface area contributed by atoms with E-state index in [1.165, 1.54) is 24.4 Å². The number of anilines is 1. The Bertz CT molecular complexity index is 1020. The Hall–Kier alpha value is -3.45. The Labute approximate surface area is 164 Å². The zero-order valence-corrected chi connectivity index (χ0v) is 15.2. The van der Waals surface area contributed by atoms with Crippen LogP contribution < -0.4 is 11.1 Å². The van der Waals surface area contributed by atoms with Gasteiger partial charge in [0.05, 0.1) is 12.2 Å². The number of pyridine rings is 1. The van der Waals surface area contributed by atoms with E-state index in [2.05, 4.69) is 15.3 Å². The summed E-state index contributed by atoms with van der Waals surface area (Å²) in [6.07, 6.45) is -2.47. The Morgan fingerprint density at radius 3 is 2.86 bits per heavy atom. The fourth-order valence-corrected chi connectivity index (χ4v) is 2.86. The third kappa shape index (κ3) is 3.77. The molecule has 1 amide bonds. The highest BCUT2D eigenvalue weighted by Gasteiger charge is 2.47. The second-order valence-corrected chi connectivity index (χ2v) is 6.37. The smallest absolute Gasteiger partial charge is 0.275 e. The average molecular weight is 403 g/mol. The van der Waals surface area contributed by atoms with Gasteiger partial charge in [-0.25, -0.2) is 18.2 Å². The first-order chi connectivity index (χ1) is 13.8. The number of nitrogens with one attached hydrogen (secondary N) is 1. The summed E-state index contributed by atoms with van der Waals surface area (Å²) in [5.41, 5.74) is 2.75. The summed E-state index contributed by atoms with van der Waals surface area (Å²) in [5.74, 6) is -1.88. The minimum atomic E-state index is -3.12. The van der Waals surface area contributed by atoms with Gasteiger partial charge in [0.1, 0.15) is 29.5 Å². The molecule has 0 spiro atoms. The fraction of sp³-hybridized carbons (Fsp3) is 0.263. The Kier molecular flexibility index (Phi) is 5.52. The number of alkyl halides is 2. The van der Waals surface area contributed by atoms with Crippen molar-refractivity contribution in [3.63, 3.8) is 0 Å². The lowest BCUT2D eigenvalue weighted by Crippen LogP contribution is -2.48. The molecular weight excluding hydrogens is 387 g/mol. The van der Waals surface area contributed by atoms with E-state index < -0.39 is 42.0 Å². The van der Waals surface area contributed by atoms with Crippen LogP contribution in [0.2, 0.25) is 0 Å². The molecule has 3 N–H and O–H groups in total. The number of rotatable bonds is 4. The quantitative estimate of drug-likeness (QED) is 0.815. The number of amidine groups is 1. The number of aromatic nitrogens is 1. The third-order valence-corrected chi connectivity index (χ3v) is 4.49. The van der Waals surface area contributed by atoms with Gasteiger partial charge in [-0.3, -0.25) is 9.79 Å². The molecule has 150 valence electrons. The largest absolute Gasteiger partial charge is 0.385 e. The van der Waals surface area contributed by atoms with Gasteiger partial charge in [-0.2, -0.15) is 5.26 Å². The minimum Gasteiger partial charge on any atom is -0.385 e. The van der Waals surface area contributed by atoms with Gasteiger partial charge in [0, 0.05) is 17.4 Å².